The molecule has 0 spiro atoms. The molecule has 1 heterocycles. The van der Waals surface area contributed by atoms with E-state index in [1.165, 1.54) is 0 Å². The highest BCUT2D eigenvalue weighted by atomic mass is 16.1. The molecule has 4 N–H and O–H groups in total. The molecule has 0 radical (unpaired) electrons. The highest BCUT2D eigenvalue weighted by Crippen LogP contribution is 2.28. The van der Waals surface area contributed by atoms with Gasteiger partial charge in [-0.15, -0.1) is 0 Å². The van der Waals surface area contributed by atoms with Gasteiger partial charge in [0.05, 0.1) is 5.57 Å². The van der Waals surface area contributed by atoms with Crippen molar-refractivity contribution in [2.75, 3.05) is 7.05 Å². The Morgan fingerprint density at radius 2 is 2.18 bits per heavy atom. The fraction of sp³-hybridized carbons (Fsp3) is 0.615. The van der Waals surface area contributed by atoms with Crippen molar-refractivity contribution >= 4 is 5.91 Å². The number of carbonyl (C=O) groups excluding carboxylic acids is 1. The van der Waals surface area contributed by atoms with Gasteiger partial charge in [-0.3, -0.25) is 9.69 Å². The van der Waals surface area contributed by atoms with Gasteiger partial charge in [0.1, 0.15) is 0 Å². The van der Waals surface area contributed by atoms with Crippen LogP contribution >= 0.6 is 0 Å². The molecule has 0 aromatic carbocycles. The molecule has 0 saturated heterocycles. The van der Waals surface area contributed by atoms with Crippen LogP contribution in [0.4, 0.5) is 0 Å². The molecule has 17 heavy (non-hydrogen) atoms. The van der Waals surface area contributed by atoms with Gasteiger partial charge in [-0.05, 0) is 26.0 Å². The molecule has 1 aliphatic rings. The van der Waals surface area contributed by atoms with Crippen molar-refractivity contribution in [1.82, 2.24) is 4.90 Å². The molecule has 4 heteroatoms. The zero-order valence-electron chi connectivity index (χ0n) is 11.0. The van der Waals surface area contributed by atoms with Gasteiger partial charge in [0, 0.05) is 24.2 Å². The summed E-state index contributed by atoms with van der Waals surface area (Å²) in [5, 5.41) is 0. The molecule has 0 saturated carbocycles. The molecular weight excluding hydrogens is 214 g/mol. The van der Waals surface area contributed by atoms with Crippen LogP contribution < -0.4 is 11.5 Å². The fourth-order valence-electron chi connectivity index (χ4n) is 2.43. The van der Waals surface area contributed by atoms with Crippen LogP contribution in [0.5, 0.6) is 0 Å². The molecule has 4 nitrogen and oxygen atoms in total. The van der Waals surface area contributed by atoms with E-state index in [1.54, 1.807) is 0 Å². The average molecular weight is 237 g/mol. The Hall–Kier alpha value is -1.29. The van der Waals surface area contributed by atoms with Crippen LogP contribution in [0.1, 0.15) is 33.1 Å². The summed E-state index contributed by atoms with van der Waals surface area (Å²) in [7, 11) is 2.05. The number of rotatable bonds is 3. The Morgan fingerprint density at radius 3 is 2.65 bits per heavy atom. The van der Waals surface area contributed by atoms with Crippen molar-refractivity contribution in [2.45, 2.75) is 45.2 Å². The topological polar surface area (TPSA) is 72.3 Å². The first-order valence-electron chi connectivity index (χ1n) is 6.09. The van der Waals surface area contributed by atoms with Crippen LogP contribution in [0.15, 0.2) is 23.4 Å². The molecule has 96 valence electrons. The van der Waals surface area contributed by atoms with Gasteiger partial charge >= 0.3 is 0 Å². The van der Waals surface area contributed by atoms with Gasteiger partial charge in [-0.25, -0.2) is 0 Å². The second kappa shape index (κ2) is 5.36. The number of hydrogen-bond donors (Lipinski definition) is 2. The van der Waals surface area contributed by atoms with Crippen molar-refractivity contribution in [2.24, 2.45) is 11.5 Å². The van der Waals surface area contributed by atoms with Crippen LogP contribution in [-0.4, -0.2) is 29.9 Å². The van der Waals surface area contributed by atoms with Gasteiger partial charge in [0.25, 0.3) is 5.91 Å². The molecule has 1 aliphatic heterocycles. The second-order valence-corrected chi connectivity index (χ2v) is 4.78. The fourth-order valence-corrected chi connectivity index (χ4v) is 2.43. The maximum absolute atomic E-state index is 11.4. The number of primary amides is 1. The molecule has 0 fully saturated rings. The zero-order valence-corrected chi connectivity index (χ0v) is 11.0. The highest BCUT2D eigenvalue weighted by Gasteiger charge is 2.30. The summed E-state index contributed by atoms with van der Waals surface area (Å²) in [5.41, 5.74) is 13.1. The minimum atomic E-state index is -0.468. The molecule has 1 amide bonds. The van der Waals surface area contributed by atoms with Gasteiger partial charge in [-0.2, -0.15) is 0 Å². The summed E-state index contributed by atoms with van der Waals surface area (Å²) in [6.07, 6.45) is 2.83. The van der Waals surface area contributed by atoms with Crippen LogP contribution in [0.25, 0.3) is 0 Å². The molecule has 0 aliphatic carbocycles. The van der Waals surface area contributed by atoms with Crippen LogP contribution in [0.2, 0.25) is 0 Å². The predicted molar refractivity (Wildman–Crippen MR) is 70.1 cm³/mol. The molecule has 0 aromatic rings. The number of nitrogens with two attached hydrogens (primary N) is 2. The van der Waals surface area contributed by atoms with Crippen LogP contribution in [0.3, 0.4) is 0 Å². The number of carbonyl (C=O) groups is 1. The number of amides is 1. The summed E-state index contributed by atoms with van der Waals surface area (Å²) in [4.78, 5) is 13.7. The van der Waals surface area contributed by atoms with E-state index < -0.39 is 5.91 Å². The van der Waals surface area contributed by atoms with Crippen molar-refractivity contribution < 1.29 is 4.79 Å². The second-order valence-electron chi connectivity index (χ2n) is 4.78. The van der Waals surface area contributed by atoms with Crippen molar-refractivity contribution in [3.8, 4) is 0 Å². The maximum atomic E-state index is 11.4. The summed E-state index contributed by atoms with van der Waals surface area (Å²) in [5.74, 6) is -0.468. The van der Waals surface area contributed by atoms with E-state index in [-0.39, 0.29) is 6.04 Å². The lowest BCUT2D eigenvalue weighted by Crippen LogP contribution is -2.38. The summed E-state index contributed by atoms with van der Waals surface area (Å²) >= 11 is 0. The van der Waals surface area contributed by atoms with Crippen molar-refractivity contribution in [1.29, 1.82) is 0 Å². The quantitative estimate of drug-likeness (QED) is 0.773. The van der Waals surface area contributed by atoms with E-state index in [4.69, 9.17) is 11.5 Å². The summed E-state index contributed by atoms with van der Waals surface area (Å²) < 4.78 is 0. The maximum Gasteiger partial charge on any atom is 0.250 e. The molecule has 2 atom stereocenters. The normalized spacial score (nSPS) is 27.1. The van der Waals surface area contributed by atoms with Crippen LogP contribution in [-0.2, 0) is 4.79 Å². The smallest absolute Gasteiger partial charge is 0.250 e. The Bertz CT molecular complexity index is 360. The molecule has 1 rings (SSSR count). The molecule has 0 aromatic heterocycles. The van der Waals surface area contributed by atoms with Crippen LogP contribution in [0, 0.1) is 0 Å². The lowest BCUT2D eigenvalue weighted by Gasteiger charge is -2.31. The van der Waals surface area contributed by atoms with Crippen molar-refractivity contribution in [3.05, 3.63) is 23.4 Å². The molecular formula is C13H23N3O. The van der Waals surface area contributed by atoms with Gasteiger partial charge in [0.15, 0.2) is 0 Å². The number of likely N-dealkylation sites (N-methyl/N-ethyl adjacent to an activating group) is 1. The lowest BCUT2D eigenvalue weighted by atomic mass is 9.99. The highest BCUT2D eigenvalue weighted by molar-refractivity contribution is 5.97. The van der Waals surface area contributed by atoms with Crippen molar-refractivity contribution in [3.63, 3.8) is 0 Å². The van der Waals surface area contributed by atoms with E-state index in [2.05, 4.69) is 18.4 Å². The third kappa shape index (κ3) is 2.69. The van der Waals surface area contributed by atoms with E-state index in [0.717, 1.165) is 18.4 Å². The Kier molecular flexibility index (Phi) is 4.34. The summed E-state index contributed by atoms with van der Waals surface area (Å²) in [6, 6.07) is 0.443. The molecule has 0 bridgehead atoms. The summed E-state index contributed by atoms with van der Waals surface area (Å²) in [6.45, 7) is 8.15. The predicted octanol–water partition coefficient (Wildman–Crippen LogP) is 1.13. The standard InChI is InChI=1S/C13H23N3O/c1-5-6-10-7-11(14)12(13(15)17)8(2)9(3)16(10)4/h9-10H,2,5-7,14H2,1,3-4H3,(H2,15,17)/t9?,10-/m1/s1. The Labute approximate surface area is 103 Å². The third-order valence-corrected chi connectivity index (χ3v) is 3.66. The molecule has 1 unspecified atom stereocenters. The average Bonchev–Trinajstić information content (AvgIpc) is 2.31. The van der Waals surface area contributed by atoms with Gasteiger partial charge in [-0.1, -0.05) is 19.9 Å². The van der Waals surface area contributed by atoms with E-state index >= 15 is 0 Å². The Balaban J connectivity index is 3.12. The number of nitrogens with zero attached hydrogens (tertiary/aromatic N) is 1. The van der Waals surface area contributed by atoms with E-state index in [1.807, 2.05) is 14.0 Å². The van der Waals surface area contributed by atoms with Gasteiger partial charge in [0.2, 0.25) is 0 Å². The minimum absolute atomic E-state index is 0.0927. The first kappa shape index (κ1) is 13.8. The SMILES string of the molecule is C=C1C(C(N)=O)=C(N)C[C@@H](CCC)N(C)C1C. The zero-order chi connectivity index (χ0) is 13.2. The first-order chi connectivity index (χ1) is 7.90. The minimum Gasteiger partial charge on any atom is -0.401 e. The van der Waals surface area contributed by atoms with E-state index in [9.17, 15) is 4.79 Å². The number of hydrogen-bond acceptors (Lipinski definition) is 3. The monoisotopic (exact) mass is 237 g/mol. The Morgan fingerprint density at radius 1 is 1.59 bits per heavy atom. The van der Waals surface area contributed by atoms with E-state index in [0.29, 0.717) is 23.7 Å². The third-order valence-electron chi connectivity index (χ3n) is 3.66. The largest absolute Gasteiger partial charge is 0.401 e. The first-order valence-corrected chi connectivity index (χ1v) is 6.09. The lowest BCUT2D eigenvalue weighted by molar-refractivity contribution is -0.114. The van der Waals surface area contributed by atoms with Gasteiger partial charge < -0.3 is 11.5 Å².